The first-order chi connectivity index (χ1) is 12.2. The van der Waals surface area contributed by atoms with Gasteiger partial charge in [-0.25, -0.2) is 0 Å². The molecule has 0 heterocycles. The van der Waals surface area contributed by atoms with Gasteiger partial charge in [0.1, 0.15) is 5.78 Å². The van der Waals surface area contributed by atoms with Crippen molar-refractivity contribution >= 4 is 17.4 Å². The maximum absolute atomic E-state index is 12.4. The van der Waals surface area contributed by atoms with Gasteiger partial charge in [-0.2, -0.15) is 13.2 Å². The number of hydrogen-bond acceptors (Lipinski definition) is 2. The van der Waals surface area contributed by atoms with Crippen LogP contribution >= 0.6 is 0 Å². The summed E-state index contributed by atoms with van der Waals surface area (Å²) in [6.45, 7) is 2.12. The number of halogens is 3. The lowest BCUT2D eigenvalue weighted by Gasteiger charge is -2.48. The van der Waals surface area contributed by atoms with Crippen LogP contribution in [0.3, 0.4) is 0 Å². The molecule has 0 radical (unpaired) electrons. The van der Waals surface area contributed by atoms with Crippen molar-refractivity contribution in [1.82, 2.24) is 0 Å². The average molecular weight is 365 g/mol. The predicted molar refractivity (Wildman–Crippen MR) is 90.8 cm³/mol. The Morgan fingerprint density at radius 1 is 1.19 bits per heavy atom. The van der Waals surface area contributed by atoms with Crippen LogP contribution in [0.2, 0.25) is 0 Å². The number of anilines is 1. The second-order valence-electron chi connectivity index (χ2n) is 8.20. The van der Waals surface area contributed by atoms with Crippen molar-refractivity contribution in [2.75, 3.05) is 5.32 Å². The second-order valence-corrected chi connectivity index (χ2v) is 8.20. The Balaban J connectivity index is 1.58. The molecule has 6 heteroatoms. The Hall–Kier alpha value is -1.85. The van der Waals surface area contributed by atoms with Gasteiger partial charge in [0, 0.05) is 17.5 Å². The number of Topliss-reactive ketones (excluding diaryl/α,β-unsaturated/α-hetero) is 1. The lowest BCUT2D eigenvalue weighted by Crippen LogP contribution is -2.42. The first kappa shape index (κ1) is 17.6. The van der Waals surface area contributed by atoms with Crippen LogP contribution in [0, 0.1) is 17.3 Å². The molecule has 26 heavy (non-hydrogen) atoms. The topological polar surface area (TPSA) is 46.2 Å². The fourth-order valence-corrected chi connectivity index (χ4v) is 5.63. The standard InChI is InChI=1S/C20H22F3NO2/c1-19-9-8-14-13-5-3-12(24-18(26)20(21,22)23)10-11(13)2-4-15(14)16(19)6-7-17(19)25/h3,5,10,14-16H,2,4,6-9H2,1H3,(H,24,26)/t14-,15-,16+,19+/m1/s1. The van der Waals surface area contributed by atoms with Gasteiger partial charge in [0.25, 0.3) is 0 Å². The molecule has 2 saturated carbocycles. The van der Waals surface area contributed by atoms with E-state index < -0.39 is 12.1 Å². The van der Waals surface area contributed by atoms with Crippen LogP contribution < -0.4 is 5.32 Å². The van der Waals surface area contributed by atoms with Crippen LogP contribution in [0.25, 0.3) is 0 Å². The predicted octanol–water partition coefficient (Wildman–Crippen LogP) is 4.61. The van der Waals surface area contributed by atoms with Gasteiger partial charge in [-0.15, -0.1) is 0 Å². The van der Waals surface area contributed by atoms with Crippen LogP contribution in [0.5, 0.6) is 0 Å². The van der Waals surface area contributed by atoms with E-state index in [1.54, 1.807) is 12.1 Å². The summed E-state index contributed by atoms with van der Waals surface area (Å²) in [5, 5.41) is 1.94. The summed E-state index contributed by atoms with van der Waals surface area (Å²) in [6, 6.07) is 5.12. The molecule has 0 unspecified atom stereocenters. The van der Waals surface area contributed by atoms with Crippen molar-refractivity contribution < 1.29 is 22.8 Å². The highest BCUT2D eigenvalue weighted by atomic mass is 19.4. The van der Waals surface area contributed by atoms with Gasteiger partial charge >= 0.3 is 12.1 Å². The quantitative estimate of drug-likeness (QED) is 0.790. The van der Waals surface area contributed by atoms with E-state index in [0.717, 1.165) is 37.7 Å². The van der Waals surface area contributed by atoms with E-state index in [9.17, 15) is 22.8 Å². The first-order valence-corrected chi connectivity index (χ1v) is 9.24. The SMILES string of the molecule is C[C@]12CC[C@@H]3c4ccc(NC(=O)C(F)(F)F)cc4CC[C@H]3[C@@H]1CCC2=O. The summed E-state index contributed by atoms with van der Waals surface area (Å²) < 4.78 is 37.3. The fourth-order valence-electron chi connectivity index (χ4n) is 5.63. The Kier molecular flexibility index (Phi) is 3.93. The third kappa shape index (κ3) is 2.65. The molecule has 3 aliphatic rings. The number of carbonyl (C=O) groups excluding carboxylic acids is 2. The second kappa shape index (κ2) is 5.83. The zero-order valence-electron chi connectivity index (χ0n) is 14.7. The molecule has 4 rings (SSSR count). The average Bonchev–Trinajstić information content (AvgIpc) is 2.89. The number of amides is 1. The minimum absolute atomic E-state index is 0.181. The van der Waals surface area contributed by atoms with E-state index in [1.165, 1.54) is 5.56 Å². The number of ketones is 1. The molecule has 1 amide bonds. The van der Waals surface area contributed by atoms with Crippen LogP contribution in [-0.4, -0.2) is 17.9 Å². The normalized spacial score (nSPS) is 33.2. The number of rotatable bonds is 1. The minimum Gasteiger partial charge on any atom is -0.318 e. The van der Waals surface area contributed by atoms with Crippen molar-refractivity contribution in [2.45, 2.75) is 57.5 Å². The van der Waals surface area contributed by atoms with Crippen molar-refractivity contribution in [3.63, 3.8) is 0 Å². The molecule has 0 aliphatic heterocycles. The Morgan fingerprint density at radius 3 is 2.69 bits per heavy atom. The van der Waals surface area contributed by atoms with E-state index >= 15 is 0 Å². The zero-order chi connectivity index (χ0) is 18.7. The number of nitrogens with one attached hydrogen (secondary N) is 1. The van der Waals surface area contributed by atoms with Gasteiger partial charge in [-0.05, 0) is 73.1 Å². The van der Waals surface area contributed by atoms with E-state index in [0.29, 0.717) is 30.0 Å². The molecular formula is C20H22F3NO2. The van der Waals surface area contributed by atoms with Crippen molar-refractivity contribution in [1.29, 1.82) is 0 Å². The highest BCUT2D eigenvalue weighted by Crippen LogP contribution is 2.59. The molecule has 3 nitrogen and oxygen atoms in total. The molecule has 2 fully saturated rings. The monoisotopic (exact) mass is 365 g/mol. The Labute approximate surface area is 150 Å². The largest absolute Gasteiger partial charge is 0.471 e. The fraction of sp³-hybridized carbons (Fsp3) is 0.600. The van der Waals surface area contributed by atoms with Crippen molar-refractivity contribution in [2.24, 2.45) is 17.3 Å². The van der Waals surface area contributed by atoms with E-state index in [4.69, 9.17) is 0 Å². The molecule has 140 valence electrons. The number of alkyl halides is 3. The summed E-state index contributed by atoms with van der Waals surface area (Å²) in [5.41, 5.74) is 2.23. The summed E-state index contributed by atoms with van der Waals surface area (Å²) in [6.07, 6.45) is 0.345. The van der Waals surface area contributed by atoms with Gasteiger partial charge in [-0.1, -0.05) is 13.0 Å². The van der Waals surface area contributed by atoms with Crippen LogP contribution in [0.15, 0.2) is 18.2 Å². The number of hydrogen-bond donors (Lipinski definition) is 1. The van der Waals surface area contributed by atoms with E-state index in [2.05, 4.69) is 6.92 Å². The lowest BCUT2D eigenvalue weighted by molar-refractivity contribution is -0.167. The molecule has 0 saturated heterocycles. The third-order valence-electron chi connectivity index (χ3n) is 6.95. The molecule has 3 aliphatic carbocycles. The van der Waals surface area contributed by atoms with Crippen LogP contribution in [0.1, 0.15) is 56.1 Å². The number of benzene rings is 1. The van der Waals surface area contributed by atoms with Gasteiger partial charge in [-0.3, -0.25) is 9.59 Å². The summed E-state index contributed by atoms with van der Waals surface area (Å²) in [4.78, 5) is 23.5. The summed E-state index contributed by atoms with van der Waals surface area (Å²) >= 11 is 0. The maximum Gasteiger partial charge on any atom is 0.471 e. The first-order valence-electron chi connectivity index (χ1n) is 9.24. The third-order valence-corrected chi connectivity index (χ3v) is 6.95. The maximum atomic E-state index is 12.4. The van der Waals surface area contributed by atoms with Gasteiger partial charge < -0.3 is 5.32 Å². The van der Waals surface area contributed by atoms with Gasteiger partial charge in [0.2, 0.25) is 0 Å². The lowest BCUT2D eigenvalue weighted by atomic mass is 9.55. The molecule has 1 aromatic carbocycles. The molecule has 0 spiro atoms. The Morgan fingerprint density at radius 2 is 1.96 bits per heavy atom. The smallest absolute Gasteiger partial charge is 0.318 e. The van der Waals surface area contributed by atoms with Crippen LogP contribution in [0.4, 0.5) is 18.9 Å². The molecule has 4 atom stereocenters. The molecule has 0 bridgehead atoms. The molecule has 0 aromatic heterocycles. The Bertz CT molecular complexity index is 773. The molecular weight excluding hydrogens is 343 g/mol. The van der Waals surface area contributed by atoms with E-state index in [-0.39, 0.29) is 11.1 Å². The van der Waals surface area contributed by atoms with Crippen molar-refractivity contribution in [3.05, 3.63) is 29.3 Å². The van der Waals surface area contributed by atoms with E-state index in [1.807, 2.05) is 11.4 Å². The number of carbonyl (C=O) groups is 2. The summed E-state index contributed by atoms with van der Waals surface area (Å²) in [5.74, 6) is -0.272. The zero-order valence-corrected chi connectivity index (χ0v) is 14.7. The highest BCUT2D eigenvalue weighted by molar-refractivity contribution is 5.95. The van der Waals surface area contributed by atoms with Crippen molar-refractivity contribution in [3.8, 4) is 0 Å². The molecule has 1 N–H and O–H groups in total. The van der Waals surface area contributed by atoms with Crippen LogP contribution in [-0.2, 0) is 16.0 Å². The highest BCUT2D eigenvalue weighted by Gasteiger charge is 2.54. The minimum atomic E-state index is -4.89. The molecule has 1 aromatic rings. The number of aryl methyl sites for hydroxylation is 1. The number of fused-ring (bicyclic) bond motifs is 5. The van der Waals surface area contributed by atoms with Gasteiger partial charge in [0.15, 0.2) is 0 Å². The van der Waals surface area contributed by atoms with Gasteiger partial charge in [0.05, 0.1) is 0 Å². The summed E-state index contributed by atoms with van der Waals surface area (Å²) in [7, 11) is 0.